The number of anilines is 2. The first-order valence-electron chi connectivity index (χ1n) is 10.2. The summed E-state index contributed by atoms with van der Waals surface area (Å²) >= 11 is 0. The minimum absolute atomic E-state index is 0.0281. The zero-order valence-corrected chi connectivity index (χ0v) is 17.2. The molecule has 4 rings (SSSR count). The number of rotatable bonds is 4. The average Bonchev–Trinajstić information content (AvgIpc) is 2.98. The van der Waals surface area contributed by atoms with Gasteiger partial charge in [0.05, 0.1) is 23.9 Å². The van der Waals surface area contributed by atoms with E-state index in [4.69, 9.17) is 4.74 Å². The Morgan fingerprint density at radius 2 is 1.70 bits per heavy atom. The molecule has 2 aromatic carbocycles. The first kappa shape index (κ1) is 19.9. The molecular weight excluding hydrogens is 382 g/mol. The van der Waals surface area contributed by atoms with Crippen LogP contribution >= 0.6 is 0 Å². The monoisotopic (exact) mass is 407 g/mol. The molecule has 1 saturated carbocycles. The van der Waals surface area contributed by atoms with E-state index in [0.717, 1.165) is 37.7 Å². The zero-order chi connectivity index (χ0) is 21.3. The molecule has 2 aliphatic rings. The number of nitrogens with one attached hydrogen (secondary N) is 2. The molecule has 0 saturated heterocycles. The van der Waals surface area contributed by atoms with Crippen molar-refractivity contribution in [3.8, 4) is 5.75 Å². The summed E-state index contributed by atoms with van der Waals surface area (Å²) in [7, 11) is 1.54. The van der Waals surface area contributed by atoms with Crippen molar-refractivity contribution in [2.24, 2.45) is 0 Å². The maximum atomic E-state index is 12.9. The van der Waals surface area contributed by atoms with Crippen LogP contribution in [-0.2, 0) is 0 Å². The van der Waals surface area contributed by atoms with Gasteiger partial charge in [0, 0.05) is 11.7 Å². The molecule has 0 aromatic heterocycles. The van der Waals surface area contributed by atoms with Gasteiger partial charge in [0.1, 0.15) is 5.75 Å². The van der Waals surface area contributed by atoms with Crippen LogP contribution in [0.4, 0.5) is 16.2 Å². The highest BCUT2D eigenvalue weighted by atomic mass is 16.5. The molecule has 30 heavy (non-hydrogen) atoms. The molecule has 2 aromatic rings. The molecule has 0 spiro atoms. The van der Waals surface area contributed by atoms with Crippen LogP contribution in [0.25, 0.3) is 0 Å². The van der Waals surface area contributed by atoms with Crippen molar-refractivity contribution in [1.29, 1.82) is 0 Å². The second kappa shape index (κ2) is 8.18. The molecule has 4 amide bonds. The predicted molar refractivity (Wildman–Crippen MR) is 114 cm³/mol. The fraction of sp³-hybridized carbons (Fsp3) is 0.348. The zero-order valence-electron chi connectivity index (χ0n) is 17.2. The minimum Gasteiger partial charge on any atom is -0.495 e. The van der Waals surface area contributed by atoms with E-state index in [1.807, 2.05) is 19.1 Å². The Bertz CT molecular complexity index is 1010. The highest BCUT2D eigenvalue weighted by molar-refractivity contribution is 6.22. The van der Waals surface area contributed by atoms with Crippen LogP contribution in [0.5, 0.6) is 5.75 Å². The summed E-state index contributed by atoms with van der Waals surface area (Å²) in [4.78, 5) is 39.6. The maximum absolute atomic E-state index is 12.9. The van der Waals surface area contributed by atoms with Crippen LogP contribution in [0.1, 0.15) is 58.4 Å². The van der Waals surface area contributed by atoms with Gasteiger partial charge in [-0.1, -0.05) is 25.3 Å². The van der Waals surface area contributed by atoms with Crippen molar-refractivity contribution >= 4 is 29.2 Å². The molecule has 0 unspecified atom stereocenters. The molecule has 1 fully saturated rings. The van der Waals surface area contributed by atoms with Crippen molar-refractivity contribution in [3.05, 3.63) is 53.1 Å². The number of benzene rings is 2. The van der Waals surface area contributed by atoms with E-state index in [1.54, 1.807) is 24.3 Å². The molecule has 7 heteroatoms. The lowest BCUT2D eigenvalue weighted by atomic mass is 9.94. The fourth-order valence-electron chi connectivity index (χ4n) is 4.21. The Hall–Kier alpha value is -3.35. The van der Waals surface area contributed by atoms with Crippen LogP contribution in [0, 0.1) is 6.92 Å². The Kier molecular flexibility index (Phi) is 5.44. The lowest BCUT2D eigenvalue weighted by Gasteiger charge is -2.29. The van der Waals surface area contributed by atoms with Crippen LogP contribution < -0.4 is 15.4 Å². The maximum Gasteiger partial charge on any atom is 0.323 e. The van der Waals surface area contributed by atoms with Crippen molar-refractivity contribution in [2.45, 2.75) is 45.1 Å². The predicted octanol–water partition coefficient (Wildman–Crippen LogP) is 4.58. The van der Waals surface area contributed by atoms with E-state index in [9.17, 15) is 14.4 Å². The van der Waals surface area contributed by atoms with Crippen molar-refractivity contribution < 1.29 is 19.1 Å². The highest BCUT2D eigenvalue weighted by Gasteiger charge is 2.40. The smallest absolute Gasteiger partial charge is 0.323 e. The molecule has 0 radical (unpaired) electrons. The third-order valence-corrected chi connectivity index (χ3v) is 5.72. The summed E-state index contributed by atoms with van der Waals surface area (Å²) in [6.07, 6.45) is 4.93. The summed E-state index contributed by atoms with van der Waals surface area (Å²) in [5, 5.41) is 5.49. The Labute approximate surface area is 175 Å². The number of ether oxygens (including phenoxy) is 1. The fourth-order valence-corrected chi connectivity index (χ4v) is 4.21. The van der Waals surface area contributed by atoms with E-state index in [2.05, 4.69) is 10.6 Å². The summed E-state index contributed by atoms with van der Waals surface area (Å²) in [5.41, 5.74) is 2.72. The van der Waals surface area contributed by atoms with Gasteiger partial charge in [-0.2, -0.15) is 0 Å². The normalized spacial score (nSPS) is 16.4. The van der Waals surface area contributed by atoms with Gasteiger partial charge in [0.25, 0.3) is 11.8 Å². The average molecular weight is 407 g/mol. The summed E-state index contributed by atoms with van der Waals surface area (Å²) in [5.74, 6) is 0.0438. The number of nitrogens with zero attached hydrogens (tertiary/aromatic N) is 1. The number of amides is 4. The van der Waals surface area contributed by atoms with Gasteiger partial charge in [-0.3, -0.25) is 14.5 Å². The second-order valence-corrected chi connectivity index (χ2v) is 7.82. The number of hydrogen-bond acceptors (Lipinski definition) is 4. The van der Waals surface area contributed by atoms with E-state index in [-0.39, 0.29) is 17.9 Å². The first-order chi connectivity index (χ1) is 14.5. The molecule has 1 aliphatic carbocycles. The number of hydrogen-bond donors (Lipinski definition) is 2. The van der Waals surface area contributed by atoms with Gasteiger partial charge in [-0.05, 0) is 55.7 Å². The first-order valence-corrected chi connectivity index (χ1v) is 10.2. The second-order valence-electron chi connectivity index (χ2n) is 7.82. The Balaban J connectivity index is 1.50. The number of carbonyl (C=O) groups is 3. The van der Waals surface area contributed by atoms with Crippen LogP contribution in [0.15, 0.2) is 36.4 Å². The van der Waals surface area contributed by atoms with Gasteiger partial charge in [-0.15, -0.1) is 0 Å². The topological polar surface area (TPSA) is 87.7 Å². The lowest BCUT2D eigenvalue weighted by Crippen LogP contribution is -2.40. The van der Waals surface area contributed by atoms with Crippen LogP contribution in [-0.4, -0.2) is 35.9 Å². The minimum atomic E-state index is -0.459. The van der Waals surface area contributed by atoms with Gasteiger partial charge < -0.3 is 15.4 Å². The summed E-state index contributed by atoms with van der Waals surface area (Å²) in [6.45, 7) is 1.92. The van der Waals surface area contributed by atoms with Crippen LogP contribution in [0.2, 0.25) is 0 Å². The standard InChI is InChI=1S/C23H25N3O4/c1-14-8-11-20(30-2)19(12-14)25-23(29)24-15-9-10-17-18(13-15)22(28)26(21(17)27)16-6-4-3-5-7-16/h8-13,16H,3-7H2,1-2H3,(H2,24,25,29). The number of urea groups is 1. The van der Waals surface area contributed by atoms with E-state index >= 15 is 0 Å². The molecule has 1 heterocycles. The molecule has 0 bridgehead atoms. The van der Waals surface area contributed by atoms with Gasteiger partial charge in [0.2, 0.25) is 0 Å². The van der Waals surface area contributed by atoms with Crippen LogP contribution in [0.3, 0.4) is 0 Å². The number of methoxy groups -OCH3 is 1. The summed E-state index contributed by atoms with van der Waals surface area (Å²) < 4.78 is 5.28. The Morgan fingerprint density at radius 1 is 0.967 bits per heavy atom. The van der Waals surface area contributed by atoms with E-state index in [1.165, 1.54) is 12.0 Å². The molecule has 156 valence electrons. The third kappa shape index (κ3) is 3.75. The van der Waals surface area contributed by atoms with E-state index in [0.29, 0.717) is 28.3 Å². The third-order valence-electron chi connectivity index (χ3n) is 5.72. The molecular formula is C23H25N3O4. The number of aryl methyl sites for hydroxylation is 1. The number of fused-ring (bicyclic) bond motifs is 1. The quantitative estimate of drug-likeness (QED) is 0.727. The lowest BCUT2D eigenvalue weighted by molar-refractivity contribution is 0.0549. The summed E-state index contributed by atoms with van der Waals surface area (Å²) in [6, 6.07) is 9.83. The number of imide groups is 1. The van der Waals surface area contributed by atoms with Crippen molar-refractivity contribution in [2.75, 3.05) is 17.7 Å². The van der Waals surface area contributed by atoms with Gasteiger partial charge in [0.15, 0.2) is 0 Å². The van der Waals surface area contributed by atoms with Gasteiger partial charge >= 0.3 is 6.03 Å². The number of carbonyl (C=O) groups excluding carboxylic acids is 3. The molecule has 7 nitrogen and oxygen atoms in total. The molecule has 1 aliphatic heterocycles. The SMILES string of the molecule is COc1ccc(C)cc1NC(=O)Nc1ccc2c(c1)C(=O)N(C1CCCCC1)C2=O. The molecule has 0 atom stereocenters. The highest BCUT2D eigenvalue weighted by Crippen LogP contribution is 2.32. The Morgan fingerprint density at radius 3 is 2.43 bits per heavy atom. The van der Waals surface area contributed by atoms with E-state index < -0.39 is 6.03 Å². The largest absolute Gasteiger partial charge is 0.495 e. The van der Waals surface area contributed by atoms with Gasteiger partial charge in [-0.25, -0.2) is 4.79 Å². The van der Waals surface area contributed by atoms with Crippen molar-refractivity contribution in [1.82, 2.24) is 4.90 Å². The van der Waals surface area contributed by atoms with Crippen molar-refractivity contribution in [3.63, 3.8) is 0 Å². The molecule has 2 N–H and O–H groups in total.